The second-order valence-electron chi connectivity index (χ2n) is 4.10. The minimum Gasteiger partial charge on any atom is -0.438 e. The molecule has 3 rings (SSSR count). The van der Waals surface area contributed by atoms with Gasteiger partial charge < -0.3 is 9.57 Å². The van der Waals surface area contributed by atoms with Crippen LogP contribution in [0.2, 0.25) is 0 Å². The van der Waals surface area contributed by atoms with Gasteiger partial charge >= 0.3 is 0 Å². The van der Waals surface area contributed by atoms with Crippen molar-refractivity contribution in [3.8, 4) is 11.6 Å². The summed E-state index contributed by atoms with van der Waals surface area (Å²) in [5, 5.41) is 10.6. The van der Waals surface area contributed by atoms with Gasteiger partial charge in [0.15, 0.2) is 11.5 Å². The van der Waals surface area contributed by atoms with Crippen LogP contribution >= 0.6 is 0 Å². The summed E-state index contributed by atoms with van der Waals surface area (Å²) in [5.41, 5.74) is 1.17. The minimum absolute atomic E-state index is 0.428. The van der Waals surface area contributed by atoms with Gasteiger partial charge in [0.25, 0.3) is 0 Å². The summed E-state index contributed by atoms with van der Waals surface area (Å²) >= 11 is 0. The van der Waals surface area contributed by atoms with Crippen LogP contribution in [-0.2, 0) is 4.84 Å². The number of H-pyrrole nitrogens is 1. The predicted molar refractivity (Wildman–Crippen MR) is 77.6 cm³/mol. The molecule has 0 radical (unpaired) electrons. The molecule has 2 heterocycles. The highest BCUT2D eigenvalue weighted by Crippen LogP contribution is 2.25. The van der Waals surface area contributed by atoms with E-state index in [1.807, 2.05) is 18.2 Å². The number of nitrogens with one attached hydrogen (secondary N) is 1. The highest BCUT2D eigenvalue weighted by molar-refractivity contribution is 6.11. The van der Waals surface area contributed by atoms with E-state index in [-0.39, 0.29) is 0 Å². The van der Waals surface area contributed by atoms with E-state index in [1.54, 1.807) is 18.3 Å². The van der Waals surface area contributed by atoms with Crippen LogP contribution in [0, 0.1) is 0 Å². The minimum atomic E-state index is 0.428. The van der Waals surface area contributed by atoms with Crippen molar-refractivity contribution in [2.45, 2.75) is 0 Å². The fourth-order valence-corrected chi connectivity index (χ4v) is 1.83. The van der Waals surface area contributed by atoms with E-state index in [0.717, 1.165) is 0 Å². The summed E-state index contributed by atoms with van der Waals surface area (Å²) < 4.78 is 5.79. The highest BCUT2D eigenvalue weighted by atomic mass is 16.6. The van der Waals surface area contributed by atoms with Gasteiger partial charge in [-0.25, -0.2) is 15.0 Å². The second-order valence-corrected chi connectivity index (χ2v) is 4.10. The third kappa shape index (κ3) is 2.90. The average Bonchev–Trinajstić information content (AvgIpc) is 3.09. The maximum atomic E-state index is 5.79. The predicted octanol–water partition coefficient (Wildman–Crippen LogP) is 1.79. The molecule has 0 bridgehead atoms. The molecule has 0 atom stereocenters. The molecule has 1 aromatic carbocycles. The lowest BCUT2D eigenvalue weighted by atomic mass is 10.1. The lowest BCUT2D eigenvalue weighted by Gasteiger charge is -2.10. The first-order chi connectivity index (χ1) is 10.9. The van der Waals surface area contributed by atoms with Crippen molar-refractivity contribution in [3.05, 3.63) is 60.6 Å². The largest absolute Gasteiger partial charge is 0.438 e. The molecule has 8 nitrogen and oxygen atoms in total. The zero-order valence-electron chi connectivity index (χ0n) is 11.7. The first kappa shape index (κ1) is 13.7. The van der Waals surface area contributed by atoms with Crippen LogP contribution in [0.4, 0.5) is 0 Å². The van der Waals surface area contributed by atoms with Crippen molar-refractivity contribution in [1.82, 2.24) is 25.1 Å². The molecule has 0 saturated carbocycles. The van der Waals surface area contributed by atoms with Crippen molar-refractivity contribution in [3.63, 3.8) is 0 Å². The van der Waals surface area contributed by atoms with Gasteiger partial charge in [0.2, 0.25) is 5.88 Å². The van der Waals surface area contributed by atoms with Crippen LogP contribution in [0.1, 0.15) is 11.4 Å². The van der Waals surface area contributed by atoms with Gasteiger partial charge in [0.05, 0.1) is 5.56 Å². The van der Waals surface area contributed by atoms with Gasteiger partial charge in [0, 0.05) is 12.3 Å². The van der Waals surface area contributed by atoms with Crippen molar-refractivity contribution in [1.29, 1.82) is 0 Å². The third-order valence-electron chi connectivity index (χ3n) is 2.73. The van der Waals surface area contributed by atoms with Gasteiger partial charge in [-0.05, 0) is 12.1 Å². The summed E-state index contributed by atoms with van der Waals surface area (Å²) in [6.45, 7) is 0. The van der Waals surface area contributed by atoms with Gasteiger partial charge in [-0.1, -0.05) is 17.3 Å². The Morgan fingerprint density at radius 2 is 2.05 bits per heavy atom. The van der Waals surface area contributed by atoms with Gasteiger partial charge in [0.1, 0.15) is 25.5 Å². The van der Waals surface area contributed by atoms with Crippen LogP contribution in [0.3, 0.4) is 0 Å². The van der Waals surface area contributed by atoms with Crippen molar-refractivity contribution < 1.29 is 9.57 Å². The molecule has 0 amide bonds. The lowest BCUT2D eigenvalue weighted by molar-refractivity contribution is 0.213. The van der Waals surface area contributed by atoms with E-state index >= 15 is 0 Å². The lowest BCUT2D eigenvalue weighted by Crippen LogP contribution is -2.08. The Hall–Kier alpha value is -3.29. The van der Waals surface area contributed by atoms with E-state index in [9.17, 15) is 0 Å². The molecule has 0 unspecified atom stereocenters. The van der Waals surface area contributed by atoms with Gasteiger partial charge in [-0.2, -0.15) is 5.10 Å². The topological polar surface area (TPSA) is 98.2 Å². The molecule has 0 spiro atoms. The zero-order chi connectivity index (χ0) is 15.2. The molecule has 0 aliphatic carbocycles. The fraction of sp³-hybridized carbons (Fsp3) is 0.0714. The number of aromatic nitrogens is 5. The average molecular weight is 296 g/mol. The molecular formula is C14H12N6O2. The number of rotatable bonds is 5. The Balaban J connectivity index is 2.01. The monoisotopic (exact) mass is 296 g/mol. The zero-order valence-corrected chi connectivity index (χ0v) is 11.7. The number of hydrogen-bond donors (Lipinski definition) is 1. The van der Waals surface area contributed by atoms with Crippen LogP contribution in [-0.4, -0.2) is 38.0 Å². The van der Waals surface area contributed by atoms with Crippen LogP contribution in [0.25, 0.3) is 0 Å². The molecule has 110 valence electrons. The third-order valence-corrected chi connectivity index (χ3v) is 2.73. The molecule has 2 aromatic heterocycles. The molecule has 1 N–H and O–H groups in total. The smallest absolute Gasteiger partial charge is 0.222 e. The SMILES string of the molecule is CO/N=C(/c1ncn[nH]1)c1ccccc1Oc1ccncn1. The second kappa shape index (κ2) is 6.44. The van der Waals surface area contributed by atoms with Crippen LogP contribution in [0.15, 0.2) is 54.3 Å². The molecule has 0 aliphatic rings. The number of hydrogen-bond acceptors (Lipinski definition) is 7. The van der Waals surface area contributed by atoms with Gasteiger partial charge in [-0.15, -0.1) is 0 Å². The number of para-hydroxylation sites is 1. The Morgan fingerprint density at radius 3 is 2.77 bits per heavy atom. The molecule has 0 saturated heterocycles. The Kier molecular flexibility index (Phi) is 4.01. The van der Waals surface area contributed by atoms with E-state index in [0.29, 0.717) is 28.7 Å². The molecule has 3 aromatic rings. The van der Waals surface area contributed by atoms with E-state index < -0.39 is 0 Å². The molecule has 0 aliphatic heterocycles. The standard InChI is InChI=1S/C14H12N6O2/c1-21-20-13(14-17-9-18-19-14)10-4-2-3-5-11(10)22-12-6-7-15-8-16-12/h2-9H,1H3,(H,17,18,19)/b20-13+. The number of oxime groups is 1. The number of aromatic amines is 1. The van der Waals surface area contributed by atoms with Crippen LogP contribution < -0.4 is 4.74 Å². The quantitative estimate of drug-likeness (QED) is 0.569. The summed E-state index contributed by atoms with van der Waals surface area (Å²) in [4.78, 5) is 16.9. The van der Waals surface area contributed by atoms with Crippen molar-refractivity contribution in [2.24, 2.45) is 5.16 Å². The molecular weight excluding hydrogens is 284 g/mol. The van der Waals surface area contributed by atoms with Gasteiger partial charge in [-0.3, -0.25) is 5.10 Å². The van der Waals surface area contributed by atoms with E-state index in [1.165, 1.54) is 19.8 Å². The van der Waals surface area contributed by atoms with E-state index in [4.69, 9.17) is 9.57 Å². The summed E-state index contributed by atoms with van der Waals surface area (Å²) in [6.07, 6.45) is 4.42. The summed E-state index contributed by atoms with van der Waals surface area (Å²) in [6, 6.07) is 9.03. The normalized spacial score (nSPS) is 11.2. The highest BCUT2D eigenvalue weighted by Gasteiger charge is 2.16. The molecule has 22 heavy (non-hydrogen) atoms. The Bertz CT molecular complexity index is 758. The fourth-order valence-electron chi connectivity index (χ4n) is 1.83. The maximum Gasteiger partial charge on any atom is 0.222 e. The number of benzene rings is 1. The first-order valence-electron chi connectivity index (χ1n) is 6.38. The van der Waals surface area contributed by atoms with Crippen molar-refractivity contribution in [2.75, 3.05) is 7.11 Å². The Labute approximate surface area is 125 Å². The molecule has 0 fully saturated rings. The summed E-state index contributed by atoms with van der Waals surface area (Å²) in [5.74, 6) is 1.46. The molecule has 8 heteroatoms. The number of ether oxygens (including phenoxy) is 1. The number of nitrogens with zero attached hydrogens (tertiary/aromatic N) is 5. The van der Waals surface area contributed by atoms with E-state index in [2.05, 4.69) is 30.3 Å². The van der Waals surface area contributed by atoms with Crippen LogP contribution in [0.5, 0.6) is 11.6 Å². The first-order valence-corrected chi connectivity index (χ1v) is 6.38. The van der Waals surface area contributed by atoms with Crippen molar-refractivity contribution >= 4 is 5.71 Å². The maximum absolute atomic E-state index is 5.79. The Morgan fingerprint density at radius 1 is 1.14 bits per heavy atom. The summed E-state index contributed by atoms with van der Waals surface area (Å²) in [7, 11) is 1.46.